The van der Waals surface area contributed by atoms with Crippen molar-refractivity contribution in [2.45, 2.75) is 6.42 Å². The van der Waals surface area contributed by atoms with Crippen LogP contribution in [0.1, 0.15) is 6.42 Å². The third kappa shape index (κ3) is 3.61. The van der Waals surface area contributed by atoms with E-state index in [1.54, 1.807) is 11.0 Å². The molecule has 20 heavy (non-hydrogen) atoms. The number of hydrogen-bond acceptors (Lipinski definition) is 4. The number of hydrogen-bond donors (Lipinski definition) is 1. The zero-order chi connectivity index (χ0) is 14.9. The predicted octanol–water partition coefficient (Wildman–Crippen LogP) is 0.941. The second-order valence-electron chi connectivity index (χ2n) is 4.72. The summed E-state index contributed by atoms with van der Waals surface area (Å²) in [6.45, 7) is 0.339. The fourth-order valence-electron chi connectivity index (χ4n) is 2.33. The largest absolute Gasteiger partial charge is 0.495 e. The van der Waals surface area contributed by atoms with Gasteiger partial charge in [-0.1, -0.05) is 0 Å². The molecule has 8 heteroatoms. The minimum Gasteiger partial charge on any atom is -0.495 e. The quantitative estimate of drug-likeness (QED) is 0.749. The van der Waals surface area contributed by atoms with Crippen molar-refractivity contribution in [1.29, 1.82) is 0 Å². The predicted molar refractivity (Wildman–Crippen MR) is 84.1 cm³/mol. The number of ether oxygens (including phenoxy) is 1. The number of nitrogens with two attached hydrogens (primary N) is 1. The second kappa shape index (κ2) is 5.86. The Hall–Kier alpha value is -0.870. The van der Waals surface area contributed by atoms with Crippen molar-refractivity contribution in [1.82, 2.24) is 0 Å². The molecule has 2 N–H and O–H groups in total. The summed E-state index contributed by atoms with van der Waals surface area (Å²) >= 11 is 2.15. The van der Waals surface area contributed by atoms with E-state index in [9.17, 15) is 13.2 Å². The molecule has 0 aliphatic carbocycles. The van der Waals surface area contributed by atoms with Crippen molar-refractivity contribution in [3.05, 3.63) is 21.8 Å². The van der Waals surface area contributed by atoms with Crippen molar-refractivity contribution in [3.63, 3.8) is 0 Å². The number of carbonyl (C=O) groups excluding carboxylic acids is 1. The summed E-state index contributed by atoms with van der Waals surface area (Å²) in [5.74, 6) is 0.0237. The molecule has 6 nitrogen and oxygen atoms in total. The number of halogens is 1. The molecule has 0 aromatic heterocycles. The average Bonchev–Trinajstić information content (AvgIpc) is 2.67. The van der Waals surface area contributed by atoms with Gasteiger partial charge in [0.2, 0.25) is 15.9 Å². The third-order valence-electron chi connectivity index (χ3n) is 3.10. The molecule has 0 radical (unpaired) electrons. The summed E-state index contributed by atoms with van der Waals surface area (Å²) in [5, 5.41) is 5.04. The zero-order valence-electron chi connectivity index (χ0n) is 10.9. The first kappa shape index (κ1) is 15.5. The van der Waals surface area contributed by atoms with E-state index in [1.165, 1.54) is 7.11 Å². The minimum atomic E-state index is -3.57. The van der Waals surface area contributed by atoms with Gasteiger partial charge in [0.1, 0.15) is 5.75 Å². The van der Waals surface area contributed by atoms with E-state index in [2.05, 4.69) is 22.6 Å². The molecule has 1 aromatic carbocycles. The number of amides is 1. The molecule has 1 aliphatic rings. The van der Waals surface area contributed by atoms with E-state index in [0.29, 0.717) is 18.0 Å². The molecule has 1 heterocycles. The lowest BCUT2D eigenvalue weighted by atomic mass is 10.1. The van der Waals surface area contributed by atoms with Crippen LogP contribution < -0.4 is 14.8 Å². The highest BCUT2D eigenvalue weighted by molar-refractivity contribution is 14.1. The summed E-state index contributed by atoms with van der Waals surface area (Å²) in [7, 11) is -2.04. The number of primary sulfonamides is 1. The molecular formula is C12H15IN2O4S. The highest BCUT2D eigenvalue weighted by atomic mass is 127. The lowest BCUT2D eigenvalue weighted by Crippen LogP contribution is -2.27. The van der Waals surface area contributed by atoms with Gasteiger partial charge in [0, 0.05) is 22.5 Å². The molecule has 110 valence electrons. The highest BCUT2D eigenvalue weighted by Crippen LogP contribution is 2.34. The Morgan fingerprint density at radius 1 is 1.50 bits per heavy atom. The SMILES string of the molecule is COc1ccc(I)cc1N1CC(CS(N)(=O)=O)CC1=O. The van der Waals surface area contributed by atoms with E-state index in [4.69, 9.17) is 9.88 Å². The molecule has 0 bridgehead atoms. The summed E-state index contributed by atoms with van der Waals surface area (Å²) in [6.07, 6.45) is 0.186. The van der Waals surface area contributed by atoms with Gasteiger partial charge in [-0.25, -0.2) is 13.6 Å². The monoisotopic (exact) mass is 410 g/mol. The molecule has 2 rings (SSSR count). The standard InChI is InChI=1S/C12H15IN2O4S/c1-19-11-3-2-9(13)5-10(11)15-6-8(4-12(15)16)7-20(14,17)18/h2-3,5,8H,4,6-7H2,1H3,(H2,14,17,18). The summed E-state index contributed by atoms with van der Waals surface area (Å²) in [4.78, 5) is 13.6. The maximum absolute atomic E-state index is 12.1. The maximum atomic E-state index is 12.1. The van der Waals surface area contributed by atoms with Crippen molar-refractivity contribution in [2.24, 2.45) is 11.1 Å². The lowest BCUT2D eigenvalue weighted by molar-refractivity contribution is -0.117. The average molecular weight is 410 g/mol. The van der Waals surface area contributed by atoms with Gasteiger partial charge in [0.25, 0.3) is 0 Å². The number of sulfonamides is 1. The van der Waals surface area contributed by atoms with Crippen LogP contribution in [0.3, 0.4) is 0 Å². The van der Waals surface area contributed by atoms with Gasteiger partial charge in [-0.3, -0.25) is 4.79 Å². The van der Waals surface area contributed by atoms with Crippen LogP contribution in [0, 0.1) is 9.49 Å². The highest BCUT2D eigenvalue weighted by Gasteiger charge is 2.34. The van der Waals surface area contributed by atoms with Crippen LogP contribution in [0.5, 0.6) is 5.75 Å². The first-order valence-corrected chi connectivity index (χ1v) is 8.74. The van der Waals surface area contributed by atoms with E-state index < -0.39 is 10.0 Å². The molecule has 1 aliphatic heterocycles. The van der Waals surface area contributed by atoms with E-state index in [1.807, 2.05) is 12.1 Å². The Kier molecular flexibility index (Phi) is 4.55. The van der Waals surface area contributed by atoms with E-state index >= 15 is 0 Å². The number of nitrogens with zero attached hydrogens (tertiary/aromatic N) is 1. The van der Waals surface area contributed by atoms with Gasteiger partial charge in [0.05, 0.1) is 18.6 Å². The van der Waals surface area contributed by atoms with Crippen LogP contribution in [0.15, 0.2) is 18.2 Å². The smallest absolute Gasteiger partial charge is 0.227 e. The van der Waals surface area contributed by atoms with Crippen LogP contribution in [0.2, 0.25) is 0 Å². The zero-order valence-corrected chi connectivity index (χ0v) is 13.8. The van der Waals surface area contributed by atoms with Crippen molar-refractivity contribution in [3.8, 4) is 5.75 Å². The normalized spacial score (nSPS) is 19.4. The Morgan fingerprint density at radius 2 is 2.20 bits per heavy atom. The topological polar surface area (TPSA) is 89.7 Å². The molecule has 1 fully saturated rings. The molecule has 1 aromatic rings. The summed E-state index contributed by atoms with van der Waals surface area (Å²) in [5.41, 5.74) is 0.668. The lowest BCUT2D eigenvalue weighted by Gasteiger charge is -2.20. The Balaban J connectivity index is 2.26. The molecular weight excluding hydrogens is 395 g/mol. The van der Waals surface area contributed by atoms with Crippen LogP contribution in [0.4, 0.5) is 5.69 Å². The van der Waals surface area contributed by atoms with E-state index in [-0.39, 0.29) is 24.0 Å². The first-order chi connectivity index (χ1) is 9.30. The first-order valence-electron chi connectivity index (χ1n) is 5.94. The summed E-state index contributed by atoms with van der Waals surface area (Å²) in [6, 6.07) is 5.51. The molecule has 1 saturated heterocycles. The van der Waals surface area contributed by atoms with Crippen LogP contribution in [-0.4, -0.2) is 33.7 Å². The van der Waals surface area contributed by atoms with Gasteiger partial charge >= 0.3 is 0 Å². The van der Waals surface area contributed by atoms with Gasteiger partial charge < -0.3 is 9.64 Å². The van der Waals surface area contributed by atoms with Crippen LogP contribution in [0.25, 0.3) is 0 Å². The molecule has 1 atom stereocenters. The van der Waals surface area contributed by atoms with Gasteiger partial charge in [-0.15, -0.1) is 0 Å². The molecule has 0 spiro atoms. The Labute approximate surface area is 131 Å². The number of benzene rings is 1. The molecule has 1 amide bonds. The Bertz CT molecular complexity index is 632. The summed E-state index contributed by atoms with van der Waals surface area (Å²) < 4.78 is 28.5. The van der Waals surface area contributed by atoms with Crippen molar-refractivity contribution < 1.29 is 17.9 Å². The molecule has 0 saturated carbocycles. The van der Waals surface area contributed by atoms with Crippen molar-refractivity contribution in [2.75, 3.05) is 24.3 Å². The second-order valence-corrected chi connectivity index (χ2v) is 7.62. The van der Waals surface area contributed by atoms with E-state index in [0.717, 1.165) is 3.57 Å². The van der Waals surface area contributed by atoms with Gasteiger partial charge in [0.15, 0.2) is 0 Å². The Morgan fingerprint density at radius 3 is 2.80 bits per heavy atom. The van der Waals surface area contributed by atoms with Crippen LogP contribution >= 0.6 is 22.6 Å². The molecule has 1 unspecified atom stereocenters. The number of rotatable bonds is 4. The van der Waals surface area contributed by atoms with Gasteiger partial charge in [-0.2, -0.15) is 0 Å². The number of carbonyl (C=O) groups is 1. The number of methoxy groups -OCH3 is 1. The minimum absolute atomic E-state index is 0.112. The van der Waals surface area contributed by atoms with Crippen LogP contribution in [-0.2, 0) is 14.8 Å². The fourth-order valence-corrected chi connectivity index (χ4v) is 3.68. The number of anilines is 1. The van der Waals surface area contributed by atoms with Crippen molar-refractivity contribution >= 4 is 44.2 Å². The third-order valence-corrected chi connectivity index (χ3v) is 4.71. The maximum Gasteiger partial charge on any atom is 0.227 e. The fraction of sp³-hybridized carbons (Fsp3) is 0.417. The van der Waals surface area contributed by atoms with Gasteiger partial charge in [-0.05, 0) is 40.8 Å².